The van der Waals surface area contributed by atoms with Crippen LogP contribution in [-0.2, 0) is 4.79 Å². The molecule has 2 aliphatic rings. The molecule has 1 heterocycles. The highest BCUT2D eigenvalue weighted by molar-refractivity contribution is 8.00. The van der Waals surface area contributed by atoms with Gasteiger partial charge in [-0.2, -0.15) is 0 Å². The Labute approximate surface area is 96.1 Å². The van der Waals surface area contributed by atoms with Crippen LogP contribution in [-0.4, -0.2) is 28.5 Å². The summed E-state index contributed by atoms with van der Waals surface area (Å²) in [6.07, 6.45) is 8.51. The largest absolute Gasteiger partial charge is 0.330 e. The maximum atomic E-state index is 12.2. The predicted octanol–water partition coefficient (Wildman–Crippen LogP) is 2.65. The minimum absolute atomic E-state index is 0.253. The van der Waals surface area contributed by atoms with Crippen molar-refractivity contribution in [3.63, 3.8) is 0 Å². The van der Waals surface area contributed by atoms with Gasteiger partial charge in [-0.1, -0.05) is 25.5 Å². The molecule has 1 unspecified atom stereocenters. The van der Waals surface area contributed by atoms with E-state index in [1.54, 1.807) is 0 Å². The van der Waals surface area contributed by atoms with Crippen molar-refractivity contribution in [1.82, 2.24) is 4.90 Å². The van der Waals surface area contributed by atoms with E-state index in [2.05, 4.69) is 24.0 Å². The normalized spacial score (nSPS) is 26.5. The smallest absolute Gasteiger partial charge is 0.227 e. The fourth-order valence-corrected chi connectivity index (χ4v) is 3.68. The van der Waals surface area contributed by atoms with Crippen molar-refractivity contribution < 1.29 is 4.79 Å². The van der Waals surface area contributed by atoms with E-state index in [0.29, 0.717) is 11.3 Å². The van der Waals surface area contributed by atoms with Gasteiger partial charge in [-0.3, -0.25) is 4.79 Å². The van der Waals surface area contributed by atoms with E-state index in [-0.39, 0.29) is 5.92 Å². The molecule has 0 aromatic rings. The summed E-state index contributed by atoms with van der Waals surface area (Å²) >= 11 is 1.95. The molecule has 2 nitrogen and oxygen atoms in total. The first kappa shape index (κ1) is 11.1. The summed E-state index contributed by atoms with van der Waals surface area (Å²) in [6, 6.07) is 0. The number of hydrogen-bond donors (Lipinski definition) is 0. The highest BCUT2D eigenvalue weighted by atomic mass is 32.2. The van der Waals surface area contributed by atoms with Gasteiger partial charge in [-0.05, 0) is 19.3 Å². The van der Waals surface area contributed by atoms with E-state index in [4.69, 9.17) is 0 Å². The summed E-state index contributed by atoms with van der Waals surface area (Å²) in [7, 11) is 0. The zero-order chi connectivity index (χ0) is 10.7. The Balaban J connectivity index is 1.93. The molecule has 1 fully saturated rings. The van der Waals surface area contributed by atoms with Gasteiger partial charge in [0.25, 0.3) is 0 Å². The molecule has 0 saturated carbocycles. The molecule has 1 atom stereocenters. The zero-order valence-electron chi connectivity index (χ0n) is 9.32. The van der Waals surface area contributed by atoms with Crippen LogP contribution in [0.3, 0.4) is 0 Å². The Morgan fingerprint density at radius 2 is 2.20 bits per heavy atom. The molecule has 0 N–H and O–H groups in total. The van der Waals surface area contributed by atoms with Gasteiger partial charge in [0.1, 0.15) is 0 Å². The zero-order valence-corrected chi connectivity index (χ0v) is 10.1. The van der Waals surface area contributed by atoms with E-state index in [1.807, 2.05) is 11.8 Å². The van der Waals surface area contributed by atoms with Crippen LogP contribution in [0.5, 0.6) is 0 Å². The van der Waals surface area contributed by atoms with Crippen molar-refractivity contribution in [2.45, 2.75) is 38.0 Å². The van der Waals surface area contributed by atoms with Crippen molar-refractivity contribution in [2.24, 2.45) is 5.92 Å². The molecular weight excluding hydrogens is 206 g/mol. The van der Waals surface area contributed by atoms with Crippen molar-refractivity contribution in [3.05, 3.63) is 12.2 Å². The first-order valence-corrected chi connectivity index (χ1v) is 6.95. The third-order valence-corrected chi connectivity index (χ3v) is 4.46. The van der Waals surface area contributed by atoms with E-state index in [9.17, 15) is 4.79 Å². The fourth-order valence-electron chi connectivity index (χ4n) is 2.31. The summed E-state index contributed by atoms with van der Waals surface area (Å²) in [5, 5.41) is 0.461. The Kier molecular flexibility index (Phi) is 3.73. The SMILES string of the molecule is CCCC1SCCN1C(=O)C1CC=CC1. The van der Waals surface area contributed by atoms with E-state index in [1.165, 1.54) is 6.42 Å². The second kappa shape index (κ2) is 5.06. The lowest BCUT2D eigenvalue weighted by Gasteiger charge is -2.26. The molecule has 2 rings (SSSR count). The Morgan fingerprint density at radius 3 is 2.87 bits per heavy atom. The van der Waals surface area contributed by atoms with Crippen molar-refractivity contribution >= 4 is 17.7 Å². The van der Waals surface area contributed by atoms with Crippen molar-refractivity contribution in [3.8, 4) is 0 Å². The lowest BCUT2D eigenvalue weighted by Crippen LogP contribution is -2.38. The predicted molar refractivity (Wildman–Crippen MR) is 64.7 cm³/mol. The number of carbonyl (C=O) groups excluding carboxylic acids is 1. The molecule has 0 aromatic carbocycles. The lowest BCUT2D eigenvalue weighted by molar-refractivity contribution is -0.135. The Hall–Kier alpha value is -0.440. The molecule has 0 radical (unpaired) electrons. The standard InChI is InChI=1S/C12H19NOS/c1-2-5-11-13(8-9-15-11)12(14)10-6-3-4-7-10/h3-4,10-11H,2,5-9H2,1H3. The number of nitrogens with zero attached hydrogens (tertiary/aromatic N) is 1. The molecular formula is C12H19NOS. The minimum atomic E-state index is 0.253. The highest BCUT2D eigenvalue weighted by Gasteiger charge is 2.32. The van der Waals surface area contributed by atoms with Gasteiger partial charge in [0.2, 0.25) is 5.91 Å². The number of thioether (sulfide) groups is 1. The van der Waals surface area contributed by atoms with Crippen LogP contribution < -0.4 is 0 Å². The van der Waals surface area contributed by atoms with Gasteiger partial charge < -0.3 is 4.90 Å². The van der Waals surface area contributed by atoms with Crippen molar-refractivity contribution in [2.75, 3.05) is 12.3 Å². The van der Waals surface area contributed by atoms with Crippen LogP contribution in [0, 0.1) is 5.92 Å². The van der Waals surface area contributed by atoms with Crippen LogP contribution >= 0.6 is 11.8 Å². The van der Waals surface area contributed by atoms with Gasteiger partial charge in [0, 0.05) is 18.2 Å². The summed E-state index contributed by atoms with van der Waals surface area (Å²) in [5.74, 6) is 1.77. The third kappa shape index (κ3) is 2.39. The number of rotatable bonds is 3. The minimum Gasteiger partial charge on any atom is -0.330 e. The maximum absolute atomic E-state index is 12.2. The maximum Gasteiger partial charge on any atom is 0.227 e. The summed E-state index contributed by atoms with van der Waals surface area (Å²) in [6.45, 7) is 3.16. The highest BCUT2D eigenvalue weighted by Crippen LogP contribution is 2.31. The van der Waals surface area contributed by atoms with Crippen LogP contribution in [0.4, 0.5) is 0 Å². The van der Waals surface area contributed by atoms with Gasteiger partial charge in [-0.15, -0.1) is 11.8 Å². The average molecular weight is 225 g/mol. The van der Waals surface area contributed by atoms with E-state index >= 15 is 0 Å². The Morgan fingerprint density at radius 1 is 1.47 bits per heavy atom. The second-order valence-electron chi connectivity index (χ2n) is 4.29. The molecule has 3 heteroatoms. The molecule has 1 saturated heterocycles. The summed E-state index contributed by atoms with van der Waals surface area (Å²) < 4.78 is 0. The van der Waals surface area contributed by atoms with Gasteiger partial charge >= 0.3 is 0 Å². The van der Waals surface area contributed by atoms with Gasteiger partial charge in [0.15, 0.2) is 0 Å². The molecule has 15 heavy (non-hydrogen) atoms. The molecule has 1 aliphatic heterocycles. The Bertz CT molecular complexity index is 256. The molecule has 84 valence electrons. The summed E-state index contributed by atoms with van der Waals surface area (Å²) in [4.78, 5) is 14.3. The number of allylic oxidation sites excluding steroid dienone is 2. The lowest BCUT2D eigenvalue weighted by atomic mass is 10.1. The number of hydrogen-bond acceptors (Lipinski definition) is 2. The summed E-state index contributed by atoms with van der Waals surface area (Å²) in [5.41, 5.74) is 0. The van der Waals surface area contributed by atoms with Crippen LogP contribution in [0.2, 0.25) is 0 Å². The van der Waals surface area contributed by atoms with E-state index in [0.717, 1.165) is 31.6 Å². The molecule has 1 aliphatic carbocycles. The second-order valence-corrected chi connectivity index (χ2v) is 5.57. The topological polar surface area (TPSA) is 20.3 Å². The first-order chi connectivity index (χ1) is 7.33. The van der Waals surface area contributed by atoms with Gasteiger partial charge in [-0.25, -0.2) is 0 Å². The number of amides is 1. The van der Waals surface area contributed by atoms with Crippen LogP contribution in [0.25, 0.3) is 0 Å². The monoisotopic (exact) mass is 225 g/mol. The van der Waals surface area contributed by atoms with Crippen molar-refractivity contribution in [1.29, 1.82) is 0 Å². The molecule has 0 aromatic heterocycles. The van der Waals surface area contributed by atoms with E-state index < -0.39 is 0 Å². The quantitative estimate of drug-likeness (QED) is 0.688. The molecule has 1 amide bonds. The van der Waals surface area contributed by atoms with Gasteiger partial charge in [0.05, 0.1) is 5.37 Å². The first-order valence-electron chi connectivity index (χ1n) is 5.90. The average Bonchev–Trinajstić information content (AvgIpc) is 2.87. The van der Waals surface area contributed by atoms with Crippen LogP contribution in [0.15, 0.2) is 12.2 Å². The number of carbonyl (C=O) groups is 1. The molecule has 0 bridgehead atoms. The van der Waals surface area contributed by atoms with Crippen LogP contribution in [0.1, 0.15) is 32.6 Å². The third-order valence-electron chi connectivity index (χ3n) is 3.17. The fraction of sp³-hybridized carbons (Fsp3) is 0.750. The molecule has 0 spiro atoms.